The molecular weight excluding hydrogens is 400 g/mol. The van der Waals surface area contributed by atoms with Gasteiger partial charge in [0.2, 0.25) is 15.9 Å². The molecule has 0 aliphatic carbocycles. The third-order valence-electron chi connectivity index (χ3n) is 3.80. The first kappa shape index (κ1) is 19.9. The Morgan fingerprint density at radius 3 is 2.36 bits per heavy atom. The van der Waals surface area contributed by atoms with Gasteiger partial charge in [0.05, 0.1) is 10.6 Å². The second-order valence-electron chi connectivity index (χ2n) is 5.89. The van der Waals surface area contributed by atoms with Gasteiger partial charge in [-0.05, 0) is 48.5 Å². The molecule has 0 fully saturated rings. The van der Waals surface area contributed by atoms with Gasteiger partial charge in [0.1, 0.15) is 0 Å². The maximum atomic E-state index is 12.1. The number of sulfonamides is 1. The Morgan fingerprint density at radius 2 is 1.75 bits per heavy atom. The van der Waals surface area contributed by atoms with Crippen molar-refractivity contribution in [3.63, 3.8) is 0 Å². The van der Waals surface area contributed by atoms with Gasteiger partial charge in [-0.25, -0.2) is 13.6 Å². The normalized spacial score (nSPS) is 11.4. The predicted molar refractivity (Wildman–Crippen MR) is 108 cm³/mol. The molecule has 5 N–H and O–H groups in total. The quantitative estimate of drug-likeness (QED) is 0.405. The molecule has 28 heavy (non-hydrogen) atoms. The van der Waals surface area contributed by atoms with E-state index in [0.717, 1.165) is 5.56 Å². The number of primary sulfonamides is 1. The summed E-state index contributed by atoms with van der Waals surface area (Å²) in [6, 6.07) is 12.9. The van der Waals surface area contributed by atoms with E-state index in [1.165, 1.54) is 36.0 Å². The maximum Gasteiger partial charge on any atom is 0.238 e. The average Bonchev–Trinajstić information content (AvgIpc) is 3.01. The number of benzene rings is 2. The van der Waals surface area contributed by atoms with Crippen molar-refractivity contribution in [3.8, 4) is 11.4 Å². The molecule has 9 nitrogen and oxygen atoms in total. The summed E-state index contributed by atoms with van der Waals surface area (Å²) >= 11 is 1.24. The van der Waals surface area contributed by atoms with Gasteiger partial charge in [-0.15, -0.1) is 10.2 Å². The van der Waals surface area contributed by atoms with Crippen molar-refractivity contribution in [2.45, 2.75) is 10.1 Å². The molecule has 1 aromatic heterocycles. The van der Waals surface area contributed by atoms with Crippen LogP contribution < -0.4 is 16.2 Å². The first-order valence-corrected chi connectivity index (χ1v) is 10.6. The van der Waals surface area contributed by atoms with Crippen LogP contribution in [0.25, 0.3) is 11.4 Å². The van der Waals surface area contributed by atoms with Crippen LogP contribution in [0.3, 0.4) is 0 Å². The van der Waals surface area contributed by atoms with Crippen LogP contribution in [0.4, 0.5) is 11.4 Å². The zero-order valence-electron chi connectivity index (χ0n) is 14.9. The second-order valence-corrected chi connectivity index (χ2v) is 8.40. The molecule has 11 heteroatoms. The van der Waals surface area contributed by atoms with E-state index in [1.54, 1.807) is 16.7 Å². The van der Waals surface area contributed by atoms with E-state index in [2.05, 4.69) is 15.5 Å². The summed E-state index contributed by atoms with van der Waals surface area (Å²) in [6.07, 6.45) is 0. The summed E-state index contributed by atoms with van der Waals surface area (Å²) in [4.78, 5) is 12.1. The minimum Gasteiger partial charge on any atom is -0.399 e. The number of nitrogens with zero attached hydrogens (tertiary/aromatic N) is 3. The van der Waals surface area contributed by atoms with Gasteiger partial charge in [0.15, 0.2) is 11.0 Å². The first-order chi connectivity index (χ1) is 13.2. The molecular formula is C17H18N6O3S2. The first-order valence-electron chi connectivity index (χ1n) is 8.05. The van der Waals surface area contributed by atoms with Crippen molar-refractivity contribution in [2.75, 3.05) is 16.8 Å². The van der Waals surface area contributed by atoms with Crippen LogP contribution in [0.2, 0.25) is 0 Å². The molecule has 0 saturated carbocycles. The van der Waals surface area contributed by atoms with E-state index in [4.69, 9.17) is 10.9 Å². The summed E-state index contributed by atoms with van der Waals surface area (Å²) in [5.41, 5.74) is 7.70. The minimum atomic E-state index is -3.76. The standard InChI is InChI=1S/C17H18N6O3S2/c1-23-16(11-2-4-12(18)5-3-11)21-22-17(23)27-10-15(24)20-13-6-8-14(9-7-13)28(19,25)26/h2-9H,10,18H2,1H3,(H,20,24)(H2,19,25,26). The number of nitrogens with two attached hydrogens (primary N) is 2. The lowest BCUT2D eigenvalue weighted by Crippen LogP contribution is -2.15. The predicted octanol–water partition coefficient (Wildman–Crippen LogP) is 1.44. The Balaban J connectivity index is 1.61. The number of carbonyl (C=O) groups excluding carboxylic acids is 1. The topological polar surface area (TPSA) is 146 Å². The molecule has 3 aromatic rings. The highest BCUT2D eigenvalue weighted by molar-refractivity contribution is 7.99. The fourth-order valence-corrected chi connectivity index (χ4v) is 3.61. The molecule has 0 spiro atoms. The van der Waals surface area contributed by atoms with E-state index in [0.29, 0.717) is 22.4 Å². The Morgan fingerprint density at radius 1 is 1.11 bits per heavy atom. The van der Waals surface area contributed by atoms with Crippen molar-refractivity contribution in [1.82, 2.24) is 14.8 Å². The summed E-state index contributed by atoms with van der Waals surface area (Å²) < 4.78 is 24.3. The molecule has 146 valence electrons. The molecule has 1 heterocycles. The van der Waals surface area contributed by atoms with Gasteiger partial charge in [0, 0.05) is 24.0 Å². The molecule has 1 amide bonds. The van der Waals surface area contributed by atoms with Gasteiger partial charge < -0.3 is 15.6 Å². The highest BCUT2D eigenvalue weighted by atomic mass is 32.2. The van der Waals surface area contributed by atoms with Gasteiger partial charge >= 0.3 is 0 Å². The summed E-state index contributed by atoms with van der Waals surface area (Å²) in [7, 11) is -1.95. The van der Waals surface area contributed by atoms with Gasteiger partial charge in [-0.3, -0.25) is 4.79 Å². The van der Waals surface area contributed by atoms with E-state index < -0.39 is 10.0 Å². The van der Waals surface area contributed by atoms with Crippen LogP contribution in [-0.2, 0) is 21.9 Å². The van der Waals surface area contributed by atoms with Gasteiger partial charge in [-0.1, -0.05) is 11.8 Å². The number of anilines is 2. The third kappa shape index (κ3) is 4.68. The lowest BCUT2D eigenvalue weighted by Gasteiger charge is -2.06. The van der Waals surface area contributed by atoms with E-state index in [1.807, 2.05) is 19.2 Å². The molecule has 0 saturated heterocycles. The largest absolute Gasteiger partial charge is 0.399 e. The highest BCUT2D eigenvalue weighted by Gasteiger charge is 2.13. The van der Waals surface area contributed by atoms with Crippen molar-refractivity contribution in [2.24, 2.45) is 12.2 Å². The third-order valence-corrected chi connectivity index (χ3v) is 5.75. The number of thioether (sulfide) groups is 1. The molecule has 0 aliphatic heterocycles. The number of amides is 1. The molecule has 3 rings (SSSR count). The van der Waals surface area contributed by atoms with Crippen LogP contribution in [-0.4, -0.2) is 34.8 Å². The zero-order valence-corrected chi connectivity index (χ0v) is 16.5. The monoisotopic (exact) mass is 418 g/mol. The van der Waals surface area contributed by atoms with Crippen LogP contribution in [0.1, 0.15) is 0 Å². The smallest absolute Gasteiger partial charge is 0.238 e. The lowest BCUT2D eigenvalue weighted by atomic mass is 10.2. The SMILES string of the molecule is Cn1c(SCC(=O)Nc2ccc(S(N)(=O)=O)cc2)nnc1-c1ccc(N)cc1. The lowest BCUT2D eigenvalue weighted by molar-refractivity contribution is -0.113. The van der Waals surface area contributed by atoms with E-state index >= 15 is 0 Å². The fraction of sp³-hybridized carbons (Fsp3) is 0.118. The number of hydrogen-bond acceptors (Lipinski definition) is 7. The number of nitrogens with one attached hydrogen (secondary N) is 1. The molecule has 0 atom stereocenters. The number of aromatic nitrogens is 3. The summed E-state index contributed by atoms with van der Waals surface area (Å²) in [5, 5.41) is 16.6. The molecule has 0 bridgehead atoms. The average molecular weight is 419 g/mol. The Labute approximate surface area is 166 Å². The number of carbonyl (C=O) groups is 1. The molecule has 0 radical (unpaired) electrons. The van der Waals surface area contributed by atoms with Crippen LogP contribution in [0.5, 0.6) is 0 Å². The Hall–Kier alpha value is -2.89. The number of hydrogen-bond donors (Lipinski definition) is 3. The Kier molecular flexibility index (Phi) is 5.68. The van der Waals surface area contributed by atoms with Crippen molar-refractivity contribution in [3.05, 3.63) is 48.5 Å². The summed E-state index contributed by atoms with van der Waals surface area (Å²) in [5.74, 6) is 0.525. The van der Waals surface area contributed by atoms with Crippen molar-refractivity contribution < 1.29 is 13.2 Å². The number of rotatable bonds is 6. The second kappa shape index (κ2) is 8.00. The van der Waals surface area contributed by atoms with Crippen molar-refractivity contribution >= 4 is 39.1 Å². The molecule has 0 aliphatic rings. The van der Waals surface area contributed by atoms with E-state index in [-0.39, 0.29) is 16.6 Å². The van der Waals surface area contributed by atoms with Crippen molar-refractivity contribution in [1.29, 1.82) is 0 Å². The maximum absolute atomic E-state index is 12.1. The van der Waals surface area contributed by atoms with Gasteiger partial charge in [-0.2, -0.15) is 0 Å². The van der Waals surface area contributed by atoms with E-state index in [9.17, 15) is 13.2 Å². The number of nitrogen functional groups attached to an aromatic ring is 1. The fourth-order valence-electron chi connectivity index (χ4n) is 2.38. The summed E-state index contributed by atoms with van der Waals surface area (Å²) in [6.45, 7) is 0. The molecule has 0 unspecified atom stereocenters. The minimum absolute atomic E-state index is 0.0193. The zero-order chi connectivity index (χ0) is 20.3. The Bertz CT molecular complexity index is 1090. The van der Waals surface area contributed by atoms with Crippen LogP contribution in [0.15, 0.2) is 58.6 Å². The van der Waals surface area contributed by atoms with Gasteiger partial charge in [0.25, 0.3) is 0 Å². The highest BCUT2D eigenvalue weighted by Crippen LogP contribution is 2.23. The van der Waals surface area contributed by atoms with Crippen LogP contribution >= 0.6 is 11.8 Å². The van der Waals surface area contributed by atoms with Crippen LogP contribution in [0, 0.1) is 0 Å². The molecule has 2 aromatic carbocycles.